The molecule has 0 saturated carbocycles. The van der Waals surface area contributed by atoms with Gasteiger partial charge in [-0.2, -0.15) is 0 Å². The molecule has 3 aromatic rings. The van der Waals surface area contributed by atoms with Crippen molar-refractivity contribution in [3.8, 4) is 0 Å². The van der Waals surface area contributed by atoms with Gasteiger partial charge in [0, 0.05) is 44.5 Å². The zero-order valence-electron chi connectivity index (χ0n) is 18.9. The third kappa shape index (κ3) is 4.33. The van der Waals surface area contributed by atoms with E-state index < -0.39 is 0 Å². The Hall–Kier alpha value is -2.25. The van der Waals surface area contributed by atoms with Crippen LogP contribution in [0.15, 0.2) is 30.3 Å². The number of nitrogens with one attached hydrogen (secondary N) is 1. The van der Waals surface area contributed by atoms with Gasteiger partial charge in [0.25, 0.3) is 0 Å². The third-order valence-electron chi connectivity index (χ3n) is 6.74. The Kier molecular flexibility index (Phi) is 6.28. The number of nitrogens with zero attached hydrogens (tertiary/aromatic N) is 4. The van der Waals surface area contributed by atoms with E-state index >= 15 is 0 Å². The summed E-state index contributed by atoms with van der Waals surface area (Å²) in [5, 5.41) is 5.28. The first-order chi connectivity index (χ1) is 15.6. The van der Waals surface area contributed by atoms with E-state index in [-0.39, 0.29) is 0 Å². The molecule has 5 rings (SSSR count). The molecule has 5 nitrogen and oxygen atoms in total. The minimum Gasteiger partial charge on any atom is -0.366 e. The summed E-state index contributed by atoms with van der Waals surface area (Å²) in [5.74, 6) is 2.88. The lowest BCUT2D eigenvalue weighted by Crippen LogP contribution is -2.51. The second-order valence-corrected chi connectivity index (χ2v) is 10.5. The van der Waals surface area contributed by atoms with Crippen LogP contribution in [0.2, 0.25) is 0 Å². The number of thiophene rings is 1. The Morgan fingerprint density at radius 2 is 1.91 bits per heavy atom. The molecule has 1 atom stereocenters. The summed E-state index contributed by atoms with van der Waals surface area (Å²) in [5.41, 5.74) is 2.85. The number of anilines is 1. The third-order valence-corrected chi connectivity index (χ3v) is 8.35. The highest BCUT2D eigenvalue weighted by Gasteiger charge is 2.27. The number of piperazine rings is 1. The zero-order valence-corrected chi connectivity index (χ0v) is 20.6. The second kappa shape index (κ2) is 9.32. The van der Waals surface area contributed by atoms with Crippen LogP contribution in [0.3, 0.4) is 0 Å². The van der Waals surface area contributed by atoms with Crippen molar-refractivity contribution < 1.29 is 0 Å². The van der Waals surface area contributed by atoms with Crippen molar-refractivity contribution in [1.82, 2.24) is 20.2 Å². The Balaban J connectivity index is 1.48. The van der Waals surface area contributed by atoms with Crippen molar-refractivity contribution >= 4 is 44.7 Å². The van der Waals surface area contributed by atoms with Gasteiger partial charge < -0.3 is 15.1 Å². The first-order valence-corrected chi connectivity index (χ1v) is 12.9. The molecule has 0 spiro atoms. The van der Waals surface area contributed by atoms with Gasteiger partial charge in [-0.25, -0.2) is 9.97 Å². The van der Waals surface area contributed by atoms with E-state index in [0.717, 1.165) is 68.1 Å². The van der Waals surface area contributed by atoms with Crippen molar-refractivity contribution in [2.24, 2.45) is 5.92 Å². The second-order valence-electron chi connectivity index (χ2n) is 9.01. The number of aryl methyl sites for hydroxylation is 3. The summed E-state index contributed by atoms with van der Waals surface area (Å²) in [6, 6.07) is 10.7. The van der Waals surface area contributed by atoms with E-state index in [1.54, 1.807) is 0 Å². The standard InChI is InChI=1S/C25H31N5S2/c1-17-8-10-19-20(16-17)32-24-22(19)23(29-12-14-30(15-13-29)25(31)26-2)27-21(28-24)11-9-18-6-4-3-5-7-18/h3-7,17H,8-16H2,1-2H3,(H,26,31)/t17-/m0/s1. The molecule has 1 fully saturated rings. The lowest BCUT2D eigenvalue weighted by molar-refractivity contribution is 0.382. The molecular weight excluding hydrogens is 434 g/mol. The summed E-state index contributed by atoms with van der Waals surface area (Å²) in [6.07, 6.45) is 5.44. The summed E-state index contributed by atoms with van der Waals surface area (Å²) < 4.78 is 0. The molecule has 32 heavy (non-hydrogen) atoms. The van der Waals surface area contributed by atoms with Crippen molar-refractivity contribution in [2.75, 3.05) is 38.1 Å². The molecule has 0 unspecified atom stereocenters. The molecule has 0 bridgehead atoms. The van der Waals surface area contributed by atoms with Crippen LogP contribution < -0.4 is 10.2 Å². The van der Waals surface area contributed by atoms with Crippen molar-refractivity contribution in [3.63, 3.8) is 0 Å². The lowest BCUT2D eigenvalue weighted by Gasteiger charge is -2.37. The maximum Gasteiger partial charge on any atom is 0.168 e. The highest BCUT2D eigenvalue weighted by Crippen LogP contribution is 2.41. The Labute approximate surface area is 199 Å². The molecule has 1 aliphatic heterocycles. The van der Waals surface area contributed by atoms with Gasteiger partial charge in [-0.05, 0) is 54.9 Å². The molecule has 1 aromatic carbocycles. The molecule has 1 N–H and O–H groups in total. The first kappa shape index (κ1) is 21.6. The van der Waals surface area contributed by atoms with Gasteiger partial charge in [0.1, 0.15) is 16.5 Å². The quantitative estimate of drug-likeness (QED) is 0.582. The molecule has 2 aromatic heterocycles. The van der Waals surface area contributed by atoms with Crippen LogP contribution in [-0.2, 0) is 25.7 Å². The van der Waals surface area contributed by atoms with Crippen molar-refractivity contribution in [2.45, 2.75) is 39.0 Å². The predicted octanol–water partition coefficient (Wildman–Crippen LogP) is 4.23. The fraction of sp³-hybridized carbons (Fsp3) is 0.480. The van der Waals surface area contributed by atoms with E-state index in [4.69, 9.17) is 22.2 Å². The monoisotopic (exact) mass is 465 g/mol. The molecular formula is C25H31N5S2. The molecule has 1 saturated heterocycles. The van der Waals surface area contributed by atoms with Gasteiger partial charge in [-0.3, -0.25) is 0 Å². The van der Waals surface area contributed by atoms with Crippen molar-refractivity contribution in [1.29, 1.82) is 0 Å². The normalized spacial score (nSPS) is 18.6. The topological polar surface area (TPSA) is 44.3 Å². The van der Waals surface area contributed by atoms with Gasteiger partial charge in [0.15, 0.2) is 5.11 Å². The number of benzene rings is 1. The molecule has 1 aliphatic carbocycles. The van der Waals surface area contributed by atoms with Crippen LogP contribution in [0.4, 0.5) is 5.82 Å². The molecule has 168 valence electrons. The van der Waals surface area contributed by atoms with E-state index in [2.05, 4.69) is 52.4 Å². The van der Waals surface area contributed by atoms with E-state index in [9.17, 15) is 0 Å². The number of aromatic nitrogens is 2. The number of thiocarbonyl (C=S) groups is 1. The smallest absolute Gasteiger partial charge is 0.168 e. The van der Waals surface area contributed by atoms with Crippen LogP contribution >= 0.6 is 23.6 Å². The minimum absolute atomic E-state index is 0.760. The highest BCUT2D eigenvalue weighted by molar-refractivity contribution is 7.80. The molecule has 0 radical (unpaired) electrons. The van der Waals surface area contributed by atoms with Crippen LogP contribution in [-0.4, -0.2) is 53.2 Å². The number of fused-ring (bicyclic) bond motifs is 3. The van der Waals surface area contributed by atoms with Gasteiger partial charge in [0.2, 0.25) is 0 Å². The minimum atomic E-state index is 0.760. The number of hydrogen-bond donors (Lipinski definition) is 1. The molecule has 2 aliphatic rings. The molecule has 3 heterocycles. The summed E-state index contributed by atoms with van der Waals surface area (Å²) in [6.45, 7) is 6.09. The van der Waals surface area contributed by atoms with E-state index in [1.165, 1.54) is 39.1 Å². The van der Waals surface area contributed by atoms with Crippen LogP contribution in [0.1, 0.15) is 35.2 Å². The molecule has 7 heteroatoms. The van der Waals surface area contributed by atoms with E-state index in [1.807, 2.05) is 18.4 Å². The first-order valence-electron chi connectivity index (χ1n) is 11.7. The largest absolute Gasteiger partial charge is 0.366 e. The van der Waals surface area contributed by atoms with E-state index in [0.29, 0.717) is 0 Å². The van der Waals surface area contributed by atoms with Gasteiger partial charge in [0.05, 0.1) is 5.39 Å². The van der Waals surface area contributed by atoms with Gasteiger partial charge in [-0.15, -0.1) is 11.3 Å². The highest BCUT2D eigenvalue weighted by atomic mass is 32.1. The summed E-state index contributed by atoms with van der Waals surface area (Å²) >= 11 is 7.37. The zero-order chi connectivity index (χ0) is 22.1. The van der Waals surface area contributed by atoms with Crippen LogP contribution in [0.5, 0.6) is 0 Å². The van der Waals surface area contributed by atoms with Crippen LogP contribution in [0, 0.1) is 5.92 Å². The maximum atomic E-state index is 5.46. The Morgan fingerprint density at radius 1 is 1.12 bits per heavy atom. The van der Waals surface area contributed by atoms with Crippen molar-refractivity contribution in [3.05, 3.63) is 52.2 Å². The van der Waals surface area contributed by atoms with Gasteiger partial charge in [-0.1, -0.05) is 37.3 Å². The molecule has 0 amide bonds. The lowest BCUT2D eigenvalue weighted by atomic mass is 9.89. The maximum absolute atomic E-state index is 5.46. The predicted molar refractivity (Wildman–Crippen MR) is 138 cm³/mol. The Bertz CT molecular complexity index is 1100. The number of rotatable bonds is 4. The summed E-state index contributed by atoms with van der Waals surface area (Å²) in [7, 11) is 1.90. The fourth-order valence-electron chi connectivity index (χ4n) is 4.89. The fourth-order valence-corrected chi connectivity index (χ4v) is 6.47. The van der Waals surface area contributed by atoms with Crippen LogP contribution in [0.25, 0.3) is 10.2 Å². The SMILES string of the molecule is CNC(=S)N1CCN(c2nc(CCc3ccccc3)nc3sc4c(c23)CC[C@H](C)C4)CC1. The Morgan fingerprint density at radius 3 is 2.66 bits per heavy atom. The average Bonchev–Trinajstić information content (AvgIpc) is 3.19. The number of hydrogen-bond acceptors (Lipinski definition) is 5. The average molecular weight is 466 g/mol. The van der Waals surface area contributed by atoms with Gasteiger partial charge >= 0.3 is 0 Å². The summed E-state index contributed by atoms with van der Waals surface area (Å²) in [4.78, 5) is 17.7.